The maximum atomic E-state index is 13.6. The lowest BCUT2D eigenvalue weighted by atomic mass is 9.94. The van der Waals surface area contributed by atoms with Gasteiger partial charge < -0.3 is 5.32 Å². The number of anilines is 1. The molecule has 1 N–H and O–H groups in total. The normalized spacial score (nSPS) is 15.3. The van der Waals surface area contributed by atoms with Crippen LogP contribution in [0.5, 0.6) is 0 Å². The van der Waals surface area contributed by atoms with Crippen molar-refractivity contribution in [3.63, 3.8) is 0 Å². The molecule has 4 rings (SSSR count). The monoisotopic (exact) mass is 418 g/mol. The fourth-order valence-corrected chi connectivity index (χ4v) is 3.79. The Morgan fingerprint density at radius 3 is 2.50 bits per heavy atom. The highest BCUT2D eigenvalue weighted by Gasteiger charge is 2.36. The molecule has 2 aromatic carbocycles. The van der Waals surface area contributed by atoms with Crippen LogP contribution in [0.4, 0.5) is 23.4 Å². The lowest BCUT2D eigenvalue weighted by molar-refractivity contribution is -0.144. The van der Waals surface area contributed by atoms with Gasteiger partial charge in [-0.25, -0.2) is 14.4 Å². The molecule has 30 heavy (non-hydrogen) atoms. The van der Waals surface area contributed by atoms with Crippen molar-refractivity contribution in [3.8, 4) is 0 Å². The van der Waals surface area contributed by atoms with E-state index >= 15 is 0 Å². The molecule has 0 radical (unpaired) electrons. The summed E-state index contributed by atoms with van der Waals surface area (Å²) in [7, 11) is 0. The van der Waals surface area contributed by atoms with E-state index in [4.69, 9.17) is 0 Å². The van der Waals surface area contributed by atoms with Crippen molar-refractivity contribution in [3.05, 3.63) is 65.2 Å². The van der Waals surface area contributed by atoms with Crippen LogP contribution in [0.15, 0.2) is 42.5 Å². The molecule has 0 bridgehead atoms. The molecule has 0 atom stereocenters. The number of alkyl halides is 3. The SMILES string of the molecule is CC(C)(CNc1nc(C(F)(F)F)nc2cc(F)ccc12)N1CCc2ccccc2C1. The topological polar surface area (TPSA) is 41.1 Å². The Morgan fingerprint density at radius 1 is 1.03 bits per heavy atom. The summed E-state index contributed by atoms with van der Waals surface area (Å²) in [4.78, 5) is 9.50. The van der Waals surface area contributed by atoms with Gasteiger partial charge in [0.05, 0.1) is 5.52 Å². The minimum absolute atomic E-state index is 0.0535. The third-order valence-corrected chi connectivity index (χ3v) is 5.59. The van der Waals surface area contributed by atoms with E-state index in [2.05, 4.69) is 32.3 Å². The van der Waals surface area contributed by atoms with Gasteiger partial charge in [0, 0.05) is 36.6 Å². The summed E-state index contributed by atoms with van der Waals surface area (Å²) < 4.78 is 53.3. The second kappa shape index (κ2) is 7.50. The minimum Gasteiger partial charge on any atom is -0.368 e. The van der Waals surface area contributed by atoms with Crippen LogP contribution in [-0.4, -0.2) is 33.5 Å². The Balaban J connectivity index is 1.59. The highest BCUT2D eigenvalue weighted by Crippen LogP contribution is 2.31. The van der Waals surface area contributed by atoms with Gasteiger partial charge in [-0.1, -0.05) is 24.3 Å². The Morgan fingerprint density at radius 2 is 1.77 bits per heavy atom. The van der Waals surface area contributed by atoms with Crippen molar-refractivity contribution in [2.45, 2.75) is 38.5 Å². The summed E-state index contributed by atoms with van der Waals surface area (Å²) in [6.07, 6.45) is -3.80. The van der Waals surface area contributed by atoms with Crippen LogP contribution in [0.3, 0.4) is 0 Å². The summed E-state index contributed by atoms with van der Waals surface area (Å²) in [5, 5.41) is 3.42. The molecular formula is C22H22F4N4. The smallest absolute Gasteiger partial charge is 0.368 e. The maximum absolute atomic E-state index is 13.6. The van der Waals surface area contributed by atoms with Gasteiger partial charge in [0.25, 0.3) is 0 Å². The van der Waals surface area contributed by atoms with Crippen LogP contribution < -0.4 is 5.32 Å². The summed E-state index contributed by atoms with van der Waals surface area (Å²) in [6.45, 7) is 6.09. The molecule has 0 spiro atoms. The first-order valence-electron chi connectivity index (χ1n) is 9.74. The van der Waals surface area contributed by atoms with E-state index in [1.807, 2.05) is 26.0 Å². The predicted molar refractivity (Wildman–Crippen MR) is 108 cm³/mol. The van der Waals surface area contributed by atoms with E-state index in [1.165, 1.54) is 23.3 Å². The number of fused-ring (bicyclic) bond motifs is 2. The zero-order valence-electron chi connectivity index (χ0n) is 16.7. The lowest BCUT2D eigenvalue weighted by Gasteiger charge is -2.41. The summed E-state index contributed by atoms with van der Waals surface area (Å²) in [6, 6.07) is 11.9. The molecule has 0 saturated heterocycles. The second-order valence-corrected chi connectivity index (χ2v) is 8.16. The van der Waals surface area contributed by atoms with Gasteiger partial charge in [-0.3, -0.25) is 4.90 Å². The average Bonchev–Trinajstić information content (AvgIpc) is 2.70. The third kappa shape index (κ3) is 4.09. The molecule has 8 heteroatoms. The number of nitrogens with one attached hydrogen (secondary N) is 1. The van der Waals surface area contributed by atoms with Crippen LogP contribution in [0.25, 0.3) is 10.9 Å². The van der Waals surface area contributed by atoms with Gasteiger partial charge in [-0.15, -0.1) is 0 Å². The molecule has 1 aliphatic rings. The Labute approximate surface area is 171 Å². The van der Waals surface area contributed by atoms with E-state index in [9.17, 15) is 17.6 Å². The minimum atomic E-state index is -4.72. The van der Waals surface area contributed by atoms with E-state index < -0.39 is 17.8 Å². The molecule has 0 saturated carbocycles. The average molecular weight is 418 g/mol. The summed E-state index contributed by atoms with van der Waals surface area (Å²) >= 11 is 0. The molecule has 1 aliphatic heterocycles. The van der Waals surface area contributed by atoms with Gasteiger partial charge in [0.2, 0.25) is 5.82 Å². The molecule has 3 aromatic rings. The number of halogens is 4. The lowest BCUT2D eigenvalue weighted by Crippen LogP contribution is -2.50. The number of aromatic nitrogens is 2. The Bertz CT molecular complexity index is 1080. The van der Waals surface area contributed by atoms with Crippen LogP contribution >= 0.6 is 0 Å². The first-order chi connectivity index (χ1) is 14.1. The van der Waals surface area contributed by atoms with Crippen molar-refractivity contribution in [2.75, 3.05) is 18.4 Å². The van der Waals surface area contributed by atoms with Crippen molar-refractivity contribution in [1.29, 1.82) is 0 Å². The number of hydrogen-bond donors (Lipinski definition) is 1. The molecule has 1 aromatic heterocycles. The van der Waals surface area contributed by atoms with E-state index in [0.29, 0.717) is 11.9 Å². The summed E-state index contributed by atoms with van der Waals surface area (Å²) in [5.74, 6) is -1.88. The number of rotatable bonds is 4. The molecular weight excluding hydrogens is 396 g/mol. The number of benzene rings is 2. The predicted octanol–water partition coefficient (Wildman–Crippen LogP) is 5.04. The van der Waals surface area contributed by atoms with Crippen LogP contribution in [0, 0.1) is 5.82 Å². The standard InChI is InChI=1S/C22H22F4N4/c1-21(2,30-10-9-14-5-3-4-6-15(14)12-30)13-27-19-17-8-7-16(23)11-18(17)28-20(29-19)22(24,25)26/h3-8,11H,9-10,12-13H2,1-2H3,(H,27,28,29). The first kappa shape index (κ1) is 20.5. The number of hydrogen-bond acceptors (Lipinski definition) is 4. The van der Waals surface area contributed by atoms with Gasteiger partial charge in [-0.05, 0) is 43.5 Å². The Kier molecular flexibility index (Phi) is 5.13. The van der Waals surface area contributed by atoms with Crippen molar-refractivity contribution >= 4 is 16.7 Å². The van der Waals surface area contributed by atoms with Crippen LogP contribution in [-0.2, 0) is 19.1 Å². The van der Waals surface area contributed by atoms with Gasteiger partial charge in [0.1, 0.15) is 11.6 Å². The van der Waals surface area contributed by atoms with Crippen LogP contribution in [0.2, 0.25) is 0 Å². The van der Waals surface area contributed by atoms with Crippen molar-refractivity contribution in [1.82, 2.24) is 14.9 Å². The molecule has 0 aliphatic carbocycles. The zero-order chi connectivity index (χ0) is 21.5. The highest BCUT2D eigenvalue weighted by atomic mass is 19.4. The molecule has 158 valence electrons. The molecule has 0 unspecified atom stereocenters. The molecule has 0 amide bonds. The van der Waals surface area contributed by atoms with Gasteiger partial charge >= 0.3 is 6.18 Å². The van der Waals surface area contributed by atoms with Crippen molar-refractivity contribution in [2.24, 2.45) is 0 Å². The molecule has 4 nitrogen and oxygen atoms in total. The molecule has 2 heterocycles. The summed E-state index contributed by atoms with van der Waals surface area (Å²) in [5.41, 5.74) is 2.17. The Hall–Kier alpha value is -2.74. The highest BCUT2D eigenvalue weighted by molar-refractivity contribution is 5.89. The first-order valence-corrected chi connectivity index (χ1v) is 9.74. The van der Waals surface area contributed by atoms with E-state index in [1.54, 1.807) is 0 Å². The van der Waals surface area contributed by atoms with Crippen molar-refractivity contribution < 1.29 is 17.6 Å². The molecule has 0 fully saturated rings. The second-order valence-electron chi connectivity index (χ2n) is 8.16. The zero-order valence-corrected chi connectivity index (χ0v) is 16.7. The third-order valence-electron chi connectivity index (χ3n) is 5.59. The van der Waals surface area contributed by atoms with E-state index in [-0.39, 0.29) is 16.9 Å². The largest absolute Gasteiger partial charge is 0.451 e. The fourth-order valence-electron chi connectivity index (χ4n) is 3.79. The maximum Gasteiger partial charge on any atom is 0.451 e. The van der Waals surface area contributed by atoms with E-state index in [0.717, 1.165) is 25.6 Å². The number of nitrogens with zero attached hydrogens (tertiary/aromatic N) is 3. The van der Waals surface area contributed by atoms with Gasteiger partial charge in [-0.2, -0.15) is 13.2 Å². The quantitative estimate of drug-likeness (QED) is 0.603. The van der Waals surface area contributed by atoms with Gasteiger partial charge in [0.15, 0.2) is 0 Å². The fraction of sp³-hybridized carbons (Fsp3) is 0.364. The van der Waals surface area contributed by atoms with Crippen LogP contribution in [0.1, 0.15) is 30.8 Å².